The number of hydrogen-bond donors (Lipinski definition) is 0. The largest absolute Gasteiger partial charge is 0.467 e. The van der Waals surface area contributed by atoms with Crippen LogP contribution in [0.4, 0.5) is 0 Å². The lowest BCUT2D eigenvalue weighted by molar-refractivity contribution is -0.135. The van der Waals surface area contributed by atoms with Gasteiger partial charge in [-0.2, -0.15) is 0 Å². The Morgan fingerprint density at radius 2 is 0.682 bits per heavy atom. The number of esters is 2. The molecule has 0 aliphatic rings. The SMILES string of the molecule is CC(C)(C)OCOc1c(C(C)(C)C)cc(CCC(=O)Oc2ccc(C(=O)c3ccc(OC(=O)CCc4cc(C(C)(C)C)c(OCOC(C)(C)C)c(C(C)(C)C)c4)cc3)cc2)cc1C(C)(C)C. The van der Waals surface area contributed by atoms with Gasteiger partial charge in [0.1, 0.15) is 23.0 Å². The predicted molar refractivity (Wildman–Crippen MR) is 265 cm³/mol. The second-order valence-corrected chi connectivity index (χ2v) is 23.4. The maximum Gasteiger partial charge on any atom is 0.311 e. The van der Waals surface area contributed by atoms with Gasteiger partial charge >= 0.3 is 11.9 Å². The van der Waals surface area contributed by atoms with Crippen molar-refractivity contribution in [1.29, 1.82) is 0 Å². The second kappa shape index (κ2) is 20.9. The number of aryl methyl sites for hydroxylation is 2. The molecule has 4 aromatic rings. The number of ketones is 1. The van der Waals surface area contributed by atoms with Crippen LogP contribution in [0.5, 0.6) is 23.0 Å². The topological polar surface area (TPSA) is 107 Å². The third-order valence-corrected chi connectivity index (χ3v) is 10.9. The minimum Gasteiger partial charge on any atom is -0.467 e. The molecule has 0 atom stereocenters. The van der Waals surface area contributed by atoms with E-state index in [2.05, 4.69) is 107 Å². The Bertz CT molecular complexity index is 2060. The summed E-state index contributed by atoms with van der Waals surface area (Å²) in [6.45, 7) is 38.1. The highest BCUT2D eigenvalue weighted by atomic mass is 16.7. The first-order valence-electron chi connectivity index (χ1n) is 23.3. The van der Waals surface area contributed by atoms with Crippen molar-refractivity contribution < 1.29 is 42.8 Å². The molecule has 0 radical (unpaired) electrons. The molecular formula is C57H78O9. The predicted octanol–water partition coefficient (Wildman–Crippen LogP) is 13.5. The van der Waals surface area contributed by atoms with E-state index in [-0.39, 0.29) is 77.0 Å². The van der Waals surface area contributed by atoms with E-state index in [4.69, 9.17) is 28.4 Å². The highest BCUT2D eigenvalue weighted by Crippen LogP contribution is 2.43. The van der Waals surface area contributed by atoms with Crippen molar-refractivity contribution in [3.63, 3.8) is 0 Å². The van der Waals surface area contributed by atoms with E-state index in [9.17, 15) is 14.4 Å². The van der Waals surface area contributed by atoms with Crippen molar-refractivity contribution >= 4 is 17.7 Å². The van der Waals surface area contributed by atoms with Crippen LogP contribution in [0.1, 0.15) is 187 Å². The summed E-state index contributed by atoms with van der Waals surface area (Å²) in [6.07, 6.45) is 1.32. The van der Waals surface area contributed by atoms with Crippen molar-refractivity contribution in [3.05, 3.63) is 117 Å². The molecule has 0 amide bonds. The molecule has 0 fully saturated rings. The summed E-state index contributed by atoms with van der Waals surface area (Å²) in [5, 5.41) is 0. The summed E-state index contributed by atoms with van der Waals surface area (Å²) in [5.74, 6) is 1.39. The highest BCUT2D eigenvalue weighted by Gasteiger charge is 2.30. The van der Waals surface area contributed by atoms with Crippen LogP contribution in [0.15, 0.2) is 72.8 Å². The van der Waals surface area contributed by atoms with Crippen LogP contribution < -0.4 is 18.9 Å². The number of rotatable bonds is 16. The third-order valence-electron chi connectivity index (χ3n) is 10.9. The molecular weight excluding hydrogens is 829 g/mol. The molecule has 0 unspecified atom stereocenters. The van der Waals surface area contributed by atoms with E-state index in [0.29, 0.717) is 35.5 Å². The zero-order valence-electron chi connectivity index (χ0n) is 43.3. The Morgan fingerprint density at radius 1 is 0.409 bits per heavy atom. The lowest BCUT2D eigenvalue weighted by Gasteiger charge is -2.31. The van der Waals surface area contributed by atoms with Gasteiger partial charge in [-0.3, -0.25) is 14.4 Å². The van der Waals surface area contributed by atoms with E-state index in [1.165, 1.54) is 0 Å². The fraction of sp³-hybridized carbons (Fsp3) is 0.526. The first-order valence-corrected chi connectivity index (χ1v) is 23.3. The molecule has 0 saturated carbocycles. The van der Waals surface area contributed by atoms with Gasteiger partial charge in [-0.05, 0) is 136 Å². The van der Waals surface area contributed by atoms with Crippen LogP contribution in [-0.4, -0.2) is 42.5 Å². The van der Waals surface area contributed by atoms with Crippen LogP contribution in [0, 0.1) is 0 Å². The molecule has 0 bridgehead atoms. The Balaban J connectivity index is 1.37. The van der Waals surface area contributed by atoms with E-state index >= 15 is 0 Å². The molecule has 66 heavy (non-hydrogen) atoms. The number of carbonyl (C=O) groups excluding carboxylic acids is 3. The summed E-state index contributed by atoms with van der Waals surface area (Å²) < 4.78 is 35.9. The van der Waals surface area contributed by atoms with E-state index in [1.807, 2.05) is 41.5 Å². The first-order chi connectivity index (χ1) is 30.2. The van der Waals surface area contributed by atoms with Crippen LogP contribution in [-0.2, 0) is 53.6 Å². The Labute approximate surface area is 396 Å². The van der Waals surface area contributed by atoms with E-state index in [1.54, 1.807) is 48.5 Å². The Morgan fingerprint density at radius 3 is 0.924 bits per heavy atom. The van der Waals surface area contributed by atoms with E-state index < -0.39 is 0 Å². The quantitative estimate of drug-likeness (QED) is 0.0470. The molecule has 0 aliphatic heterocycles. The molecule has 0 aliphatic carbocycles. The average molecular weight is 907 g/mol. The van der Waals surface area contributed by atoms with Gasteiger partial charge in [-0.15, -0.1) is 0 Å². The van der Waals surface area contributed by atoms with Crippen molar-refractivity contribution in [2.45, 2.75) is 183 Å². The zero-order valence-corrected chi connectivity index (χ0v) is 43.3. The van der Waals surface area contributed by atoms with Crippen LogP contribution >= 0.6 is 0 Å². The van der Waals surface area contributed by atoms with Gasteiger partial charge in [-0.25, -0.2) is 0 Å². The summed E-state index contributed by atoms with van der Waals surface area (Å²) in [5.41, 5.74) is 5.58. The molecule has 9 heteroatoms. The summed E-state index contributed by atoms with van der Waals surface area (Å²) in [6, 6.07) is 21.6. The van der Waals surface area contributed by atoms with Gasteiger partial charge in [0.05, 0.1) is 11.2 Å². The molecule has 0 N–H and O–H groups in total. The molecule has 9 nitrogen and oxygen atoms in total. The van der Waals surface area contributed by atoms with Gasteiger partial charge in [0, 0.05) is 46.2 Å². The molecule has 0 aromatic heterocycles. The number of benzene rings is 4. The summed E-state index contributed by atoms with van der Waals surface area (Å²) in [4.78, 5) is 39.6. The highest BCUT2D eigenvalue weighted by molar-refractivity contribution is 6.09. The van der Waals surface area contributed by atoms with E-state index in [0.717, 1.165) is 44.9 Å². The van der Waals surface area contributed by atoms with Crippen LogP contribution in [0.25, 0.3) is 0 Å². The Kier molecular flexibility index (Phi) is 17.0. The maximum atomic E-state index is 13.4. The van der Waals surface area contributed by atoms with Gasteiger partial charge in [0.15, 0.2) is 19.4 Å². The van der Waals surface area contributed by atoms with Gasteiger partial charge < -0.3 is 28.4 Å². The molecule has 0 saturated heterocycles. The lowest BCUT2D eigenvalue weighted by atomic mass is 9.78. The number of ether oxygens (including phenoxy) is 6. The average Bonchev–Trinajstić information content (AvgIpc) is 3.17. The molecule has 4 aromatic carbocycles. The second-order valence-electron chi connectivity index (χ2n) is 23.4. The minimum atomic E-state index is -0.373. The number of hydrogen-bond acceptors (Lipinski definition) is 9. The third kappa shape index (κ3) is 16.1. The summed E-state index contributed by atoms with van der Waals surface area (Å²) >= 11 is 0. The molecule has 0 heterocycles. The van der Waals surface area contributed by atoms with Crippen LogP contribution in [0.2, 0.25) is 0 Å². The summed E-state index contributed by atoms with van der Waals surface area (Å²) in [7, 11) is 0. The van der Waals surface area contributed by atoms with Crippen molar-refractivity contribution in [2.24, 2.45) is 0 Å². The number of carbonyl (C=O) groups is 3. The van der Waals surface area contributed by atoms with Gasteiger partial charge in [-0.1, -0.05) is 107 Å². The fourth-order valence-corrected chi connectivity index (χ4v) is 7.11. The fourth-order valence-electron chi connectivity index (χ4n) is 7.11. The van der Waals surface area contributed by atoms with Gasteiger partial charge in [0.25, 0.3) is 0 Å². The lowest BCUT2D eigenvalue weighted by Crippen LogP contribution is -2.25. The molecule has 0 spiro atoms. The smallest absolute Gasteiger partial charge is 0.311 e. The normalized spacial score (nSPS) is 12.8. The first kappa shape index (κ1) is 53.6. The van der Waals surface area contributed by atoms with Gasteiger partial charge in [0.2, 0.25) is 0 Å². The zero-order chi connectivity index (χ0) is 49.6. The molecule has 360 valence electrons. The maximum absolute atomic E-state index is 13.4. The van der Waals surface area contributed by atoms with Crippen molar-refractivity contribution in [2.75, 3.05) is 13.6 Å². The minimum absolute atomic E-state index is 0.136. The van der Waals surface area contributed by atoms with Crippen molar-refractivity contribution in [3.8, 4) is 23.0 Å². The standard InChI is InChI=1S/C57H78O9/c1-52(2,3)43-31-37(32-44(53(4,5)6)50(43)61-35-63-56(13,14)15)19-29-47(58)65-41-25-21-39(22-26-41)49(60)40-23-27-42(28-24-40)66-48(59)30-20-38-33-45(54(7,8)9)51(46(34-38)55(10,11)12)62-36-64-57(16,17)18/h21-28,31-34H,19-20,29-30,35-36H2,1-18H3. The molecule has 4 rings (SSSR count). The van der Waals surface area contributed by atoms with Crippen molar-refractivity contribution in [1.82, 2.24) is 0 Å². The monoisotopic (exact) mass is 907 g/mol. The van der Waals surface area contributed by atoms with Crippen LogP contribution in [0.3, 0.4) is 0 Å². The Hall–Kier alpha value is -4.99.